The quantitative estimate of drug-likeness (QED) is 0.639. The van der Waals surface area contributed by atoms with Crippen molar-refractivity contribution in [3.63, 3.8) is 0 Å². The van der Waals surface area contributed by atoms with Crippen molar-refractivity contribution in [1.82, 2.24) is 15.5 Å². The molecule has 1 aliphatic heterocycles. The molecule has 2 atom stereocenters. The molecule has 1 aliphatic rings. The Kier molecular flexibility index (Phi) is 7.01. The monoisotopic (exact) mass is 311 g/mol. The zero-order valence-corrected chi connectivity index (χ0v) is 13.4. The lowest BCUT2D eigenvalue weighted by Crippen LogP contribution is -2.53. The Balaban J connectivity index is 2.71. The summed E-state index contributed by atoms with van der Waals surface area (Å²) in [5.41, 5.74) is 0. The van der Waals surface area contributed by atoms with Gasteiger partial charge in [-0.25, -0.2) is 0 Å². The van der Waals surface area contributed by atoms with E-state index in [1.165, 1.54) is 11.8 Å². The molecule has 7 nitrogen and oxygen atoms in total. The average molecular weight is 311 g/mol. The average Bonchev–Trinajstić information content (AvgIpc) is 2.93. The van der Waals surface area contributed by atoms with E-state index in [9.17, 15) is 19.2 Å². The van der Waals surface area contributed by atoms with Crippen molar-refractivity contribution >= 4 is 24.0 Å². The lowest BCUT2D eigenvalue weighted by molar-refractivity contribution is -0.138. The topological polar surface area (TPSA) is 95.6 Å². The zero-order chi connectivity index (χ0) is 16.7. The molecule has 0 saturated carbocycles. The molecule has 0 bridgehead atoms. The van der Waals surface area contributed by atoms with Crippen LogP contribution in [0.3, 0.4) is 0 Å². The van der Waals surface area contributed by atoms with Crippen molar-refractivity contribution in [1.29, 1.82) is 0 Å². The van der Waals surface area contributed by atoms with Gasteiger partial charge in [-0.05, 0) is 25.2 Å². The Labute approximate surface area is 130 Å². The second-order valence-corrected chi connectivity index (χ2v) is 5.97. The minimum absolute atomic E-state index is 0.0771. The first-order valence-corrected chi connectivity index (χ1v) is 7.65. The van der Waals surface area contributed by atoms with Crippen molar-refractivity contribution in [2.75, 3.05) is 13.1 Å². The van der Waals surface area contributed by atoms with Crippen LogP contribution in [-0.4, -0.2) is 54.1 Å². The van der Waals surface area contributed by atoms with Crippen molar-refractivity contribution in [2.24, 2.45) is 5.92 Å². The van der Waals surface area contributed by atoms with Crippen LogP contribution in [0.5, 0.6) is 0 Å². The molecule has 1 heterocycles. The van der Waals surface area contributed by atoms with E-state index in [0.717, 1.165) is 6.42 Å². The van der Waals surface area contributed by atoms with Crippen LogP contribution >= 0.6 is 0 Å². The highest BCUT2D eigenvalue weighted by atomic mass is 16.2. The Morgan fingerprint density at radius 1 is 1.32 bits per heavy atom. The number of aldehydes is 1. The summed E-state index contributed by atoms with van der Waals surface area (Å²) in [7, 11) is 0. The first-order chi connectivity index (χ1) is 10.4. The maximum absolute atomic E-state index is 12.4. The van der Waals surface area contributed by atoms with Gasteiger partial charge in [-0.3, -0.25) is 14.4 Å². The second kappa shape index (κ2) is 8.51. The van der Waals surface area contributed by atoms with E-state index < -0.39 is 12.1 Å². The molecule has 0 aliphatic carbocycles. The third-order valence-corrected chi connectivity index (χ3v) is 3.66. The molecular formula is C15H25N3O4. The van der Waals surface area contributed by atoms with Crippen LogP contribution in [0, 0.1) is 5.92 Å². The summed E-state index contributed by atoms with van der Waals surface area (Å²) in [6.07, 6.45) is 2.46. The molecule has 124 valence electrons. The van der Waals surface area contributed by atoms with Crippen LogP contribution in [0.4, 0.5) is 0 Å². The number of nitrogens with zero attached hydrogens (tertiary/aromatic N) is 1. The molecule has 0 radical (unpaired) electrons. The molecule has 3 amide bonds. The third-order valence-electron chi connectivity index (χ3n) is 3.66. The van der Waals surface area contributed by atoms with Gasteiger partial charge in [0.25, 0.3) is 0 Å². The van der Waals surface area contributed by atoms with Gasteiger partial charge in [0.15, 0.2) is 0 Å². The second-order valence-electron chi connectivity index (χ2n) is 5.97. The van der Waals surface area contributed by atoms with Crippen LogP contribution in [0.2, 0.25) is 0 Å². The maximum atomic E-state index is 12.4. The van der Waals surface area contributed by atoms with Gasteiger partial charge in [-0.2, -0.15) is 0 Å². The van der Waals surface area contributed by atoms with Gasteiger partial charge in [0.1, 0.15) is 18.4 Å². The number of hydrogen-bond donors (Lipinski definition) is 2. The van der Waals surface area contributed by atoms with Crippen molar-refractivity contribution in [3.05, 3.63) is 0 Å². The lowest BCUT2D eigenvalue weighted by Gasteiger charge is -2.26. The number of carbonyl (C=O) groups is 4. The van der Waals surface area contributed by atoms with E-state index in [1.54, 1.807) is 0 Å². The van der Waals surface area contributed by atoms with E-state index in [2.05, 4.69) is 10.6 Å². The molecule has 0 spiro atoms. The predicted octanol–water partition coefficient (Wildman–Crippen LogP) is -0.157. The van der Waals surface area contributed by atoms with E-state index in [-0.39, 0.29) is 30.2 Å². The standard InChI is InChI=1S/C15H25N3O4/c1-10(2)9-12(14(21)16-6-8-19)17-15(22)13-5-4-7-18(13)11(3)20/h8,10,12-13H,4-7,9H2,1-3H3,(H,16,21)(H,17,22)/t12-,13-/m0/s1. The van der Waals surface area contributed by atoms with Gasteiger partial charge in [0.2, 0.25) is 17.7 Å². The zero-order valence-electron chi connectivity index (χ0n) is 13.4. The largest absolute Gasteiger partial charge is 0.348 e. The summed E-state index contributed by atoms with van der Waals surface area (Å²) in [4.78, 5) is 47.8. The van der Waals surface area contributed by atoms with Gasteiger partial charge in [0, 0.05) is 13.5 Å². The summed E-state index contributed by atoms with van der Waals surface area (Å²) in [6, 6.07) is -1.20. The van der Waals surface area contributed by atoms with Crippen molar-refractivity contribution < 1.29 is 19.2 Å². The van der Waals surface area contributed by atoms with Crippen molar-refractivity contribution in [3.8, 4) is 0 Å². The number of hydrogen-bond acceptors (Lipinski definition) is 4. The number of carbonyl (C=O) groups excluding carboxylic acids is 4. The van der Waals surface area contributed by atoms with Crippen LogP contribution in [0.25, 0.3) is 0 Å². The molecule has 0 aromatic heterocycles. The van der Waals surface area contributed by atoms with Crippen LogP contribution < -0.4 is 10.6 Å². The first kappa shape index (κ1) is 18.1. The fourth-order valence-electron chi connectivity index (χ4n) is 2.65. The highest BCUT2D eigenvalue weighted by Gasteiger charge is 2.34. The van der Waals surface area contributed by atoms with Gasteiger partial charge in [-0.15, -0.1) is 0 Å². The third kappa shape index (κ3) is 5.13. The maximum Gasteiger partial charge on any atom is 0.243 e. The number of likely N-dealkylation sites (tertiary alicyclic amines) is 1. The van der Waals surface area contributed by atoms with Crippen LogP contribution in [-0.2, 0) is 19.2 Å². The summed E-state index contributed by atoms with van der Waals surface area (Å²) < 4.78 is 0. The van der Waals surface area contributed by atoms with Gasteiger partial charge in [-0.1, -0.05) is 13.8 Å². The van der Waals surface area contributed by atoms with E-state index in [0.29, 0.717) is 25.7 Å². The first-order valence-electron chi connectivity index (χ1n) is 7.65. The Bertz CT molecular complexity index is 437. The molecule has 1 fully saturated rings. The molecule has 7 heteroatoms. The highest BCUT2D eigenvalue weighted by molar-refractivity contribution is 5.92. The Hall–Kier alpha value is -1.92. The molecular weight excluding hydrogens is 286 g/mol. The van der Waals surface area contributed by atoms with E-state index in [4.69, 9.17) is 0 Å². The molecule has 2 N–H and O–H groups in total. The van der Waals surface area contributed by atoms with Gasteiger partial charge >= 0.3 is 0 Å². The summed E-state index contributed by atoms with van der Waals surface area (Å²) in [5.74, 6) is -0.607. The van der Waals surface area contributed by atoms with E-state index in [1.807, 2.05) is 13.8 Å². The van der Waals surface area contributed by atoms with E-state index >= 15 is 0 Å². The summed E-state index contributed by atoms with van der Waals surface area (Å²) in [6.45, 7) is 5.83. The fraction of sp³-hybridized carbons (Fsp3) is 0.733. The smallest absolute Gasteiger partial charge is 0.243 e. The predicted molar refractivity (Wildman–Crippen MR) is 80.9 cm³/mol. The molecule has 0 aromatic carbocycles. The van der Waals surface area contributed by atoms with Gasteiger partial charge in [0.05, 0.1) is 6.54 Å². The van der Waals surface area contributed by atoms with Crippen molar-refractivity contribution in [2.45, 2.75) is 52.1 Å². The number of amides is 3. The Morgan fingerprint density at radius 2 is 2.00 bits per heavy atom. The molecule has 0 aromatic rings. The number of rotatable bonds is 7. The van der Waals surface area contributed by atoms with Crippen LogP contribution in [0.15, 0.2) is 0 Å². The Morgan fingerprint density at radius 3 is 2.55 bits per heavy atom. The molecule has 22 heavy (non-hydrogen) atoms. The fourth-order valence-corrected chi connectivity index (χ4v) is 2.65. The normalized spacial score (nSPS) is 18.9. The molecule has 1 saturated heterocycles. The SMILES string of the molecule is CC(=O)N1CCC[C@H]1C(=O)N[C@@H](CC(C)C)C(=O)NCC=O. The van der Waals surface area contributed by atoms with Gasteiger partial charge < -0.3 is 20.3 Å². The summed E-state index contributed by atoms with van der Waals surface area (Å²) >= 11 is 0. The summed E-state index contributed by atoms with van der Waals surface area (Å²) in [5, 5.41) is 5.19. The highest BCUT2D eigenvalue weighted by Crippen LogP contribution is 2.18. The molecule has 0 unspecified atom stereocenters. The molecule has 1 rings (SSSR count). The number of nitrogens with one attached hydrogen (secondary N) is 2. The lowest BCUT2D eigenvalue weighted by atomic mass is 10.0. The minimum Gasteiger partial charge on any atom is -0.348 e. The minimum atomic E-state index is -0.693. The van der Waals surface area contributed by atoms with Crippen LogP contribution in [0.1, 0.15) is 40.0 Å².